The molecule has 1 atom stereocenters. The Labute approximate surface area is 117 Å². The van der Waals surface area contributed by atoms with Crippen molar-refractivity contribution in [3.8, 4) is 0 Å². The summed E-state index contributed by atoms with van der Waals surface area (Å²) in [5, 5.41) is 3.32. The zero-order valence-corrected chi connectivity index (χ0v) is 11.6. The molecule has 3 rings (SSSR count). The van der Waals surface area contributed by atoms with Crippen LogP contribution in [0.2, 0.25) is 0 Å². The number of oxazole rings is 1. The summed E-state index contributed by atoms with van der Waals surface area (Å²) in [4.78, 5) is 4.32. The van der Waals surface area contributed by atoms with Crippen LogP contribution >= 0.6 is 0 Å². The Balaban J connectivity index is 2.06. The molecule has 0 saturated carbocycles. The number of benzene rings is 2. The topological polar surface area (TPSA) is 64.1 Å². The van der Waals surface area contributed by atoms with Gasteiger partial charge in [0.15, 0.2) is 11.5 Å². The number of hydrogen-bond acceptors (Lipinski definition) is 4. The van der Waals surface area contributed by atoms with Crippen LogP contribution in [0.5, 0.6) is 0 Å². The maximum atomic E-state index is 5.87. The molecule has 0 aliphatic carbocycles. The van der Waals surface area contributed by atoms with E-state index < -0.39 is 0 Å². The highest BCUT2D eigenvalue weighted by molar-refractivity contribution is 5.73. The fourth-order valence-electron chi connectivity index (χ4n) is 2.50. The molecule has 4 nitrogen and oxygen atoms in total. The zero-order chi connectivity index (χ0) is 14.1. The lowest BCUT2D eigenvalue weighted by Crippen LogP contribution is -2.17. The molecule has 0 bridgehead atoms. The number of nitrogens with one attached hydrogen (secondary N) is 1. The van der Waals surface area contributed by atoms with Crippen LogP contribution in [0.4, 0.5) is 5.69 Å². The molecule has 0 aliphatic rings. The molecule has 3 N–H and O–H groups in total. The molecule has 102 valence electrons. The molecule has 3 aromatic rings. The fraction of sp³-hybridized carbons (Fsp3) is 0.188. The van der Waals surface area contributed by atoms with Gasteiger partial charge >= 0.3 is 0 Å². The molecule has 0 aliphatic heterocycles. The molecule has 0 spiro atoms. The first-order valence-electron chi connectivity index (χ1n) is 6.57. The van der Waals surface area contributed by atoms with E-state index in [0.717, 1.165) is 27.9 Å². The highest BCUT2D eigenvalue weighted by atomic mass is 16.3. The molecular weight excluding hydrogens is 250 g/mol. The van der Waals surface area contributed by atoms with Crippen molar-refractivity contribution in [2.45, 2.75) is 13.0 Å². The number of aryl methyl sites for hydroxylation is 1. The van der Waals surface area contributed by atoms with E-state index >= 15 is 0 Å². The number of fused-ring (bicyclic) bond motifs is 1. The summed E-state index contributed by atoms with van der Waals surface area (Å²) in [6, 6.07) is 14.1. The van der Waals surface area contributed by atoms with Crippen molar-refractivity contribution in [1.29, 1.82) is 0 Å². The molecule has 0 radical (unpaired) electrons. The third-order valence-electron chi connectivity index (χ3n) is 3.39. The van der Waals surface area contributed by atoms with E-state index in [1.165, 1.54) is 0 Å². The third-order valence-corrected chi connectivity index (χ3v) is 3.39. The number of nitrogen functional groups attached to an aromatic ring is 1. The highest BCUT2D eigenvalue weighted by Gasteiger charge is 2.14. The number of rotatable bonds is 3. The molecule has 1 heterocycles. The summed E-state index contributed by atoms with van der Waals surface area (Å²) >= 11 is 0. The Morgan fingerprint density at radius 2 is 1.95 bits per heavy atom. The van der Waals surface area contributed by atoms with Gasteiger partial charge in [0.25, 0.3) is 0 Å². The van der Waals surface area contributed by atoms with Crippen molar-refractivity contribution in [1.82, 2.24) is 10.3 Å². The lowest BCUT2D eigenvalue weighted by Gasteiger charge is -2.17. The van der Waals surface area contributed by atoms with E-state index in [4.69, 9.17) is 10.2 Å². The van der Waals surface area contributed by atoms with Crippen molar-refractivity contribution in [3.05, 3.63) is 59.5 Å². The third kappa shape index (κ3) is 2.26. The van der Waals surface area contributed by atoms with Gasteiger partial charge in [0, 0.05) is 12.6 Å². The summed E-state index contributed by atoms with van der Waals surface area (Å²) in [5.41, 5.74) is 10.6. The molecule has 1 unspecified atom stereocenters. The van der Waals surface area contributed by atoms with Gasteiger partial charge in [-0.15, -0.1) is 0 Å². The first-order chi connectivity index (χ1) is 9.67. The minimum absolute atomic E-state index is 0.0771. The van der Waals surface area contributed by atoms with Gasteiger partial charge in [-0.05, 0) is 42.4 Å². The molecular formula is C16H17N3O. The molecule has 0 saturated heterocycles. The maximum Gasteiger partial charge on any atom is 0.192 e. The van der Waals surface area contributed by atoms with Crippen LogP contribution < -0.4 is 11.1 Å². The van der Waals surface area contributed by atoms with Crippen molar-refractivity contribution in [2.75, 3.05) is 12.8 Å². The first kappa shape index (κ1) is 12.7. The average molecular weight is 267 g/mol. The molecule has 0 amide bonds. The van der Waals surface area contributed by atoms with E-state index in [9.17, 15) is 0 Å². The van der Waals surface area contributed by atoms with E-state index in [0.29, 0.717) is 5.89 Å². The van der Waals surface area contributed by atoms with Gasteiger partial charge in [0.1, 0.15) is 5.52 Å². The monoisotopic (exact) mass is 267 g/mol. The minimum Gasteiger partial charge on any atom is -0.441 e. The SMILES string of the molecule is CNC(c1cccc(N)c1)c1ccc2nc(C)oc2c1. The van der Waals surface area contributed by atoms with Crippen molar-refractivity contribution < 1.29 is 4.42 Å². The molecule has 4 heteroatoms. The first-order valence-corrected chi connectivity index (χ1v) is 6.57. The Morgan fingerprint density at radius 1 is 1.15 bits per heavy atom. The number of aromatic nitrogens is 1. The van der Waals surface area contributed by atoms with E-state index in [2.05, 4.69) is 22.4 Å². The van der Waals surface area contributed by atoms with Gasteiger partial charge in [-0.25, -0.2) is 4.98 Å². The summed E-state index contributed by atoms with van der Waals surface area (Å²) < 4.78 is 5.60. The van der Waals surface area contributed by atoms with E-state index in [1.807, 2.05) is 44.3 Å². The second kappa shape index (κ2) is 4.98. The summed E-state index contributed by atoms with van der Waals surface area (Å²) in [7, 11) is 1.93. The Hall–Kier alpha value is -2.33. The summed E-state index contributed by atoms with van der Waals surface area (Å²) in [6.45, 7) is 1.85. The minimum atomic E-state index is 0.0771. The predicted octanol–water partition coefficient (Wildman–Crippen LogP) is 3.03. The second-order valence-electron chi connectivity index (χ2n) is 4.85. The second-order valence-corrected chi connectivity index (χ2v) is 4.85. The Morgan fingerprint density at radius 3 is 2.70 bits per heavy atom. The van der Waals surface area contributed by atoms with E-state index in [1.54, 1.807) is 0 Å². The van der Waals surface area contributed by atoms with Gasteiger partial charge in [-0.1, -0.05) is 18.2 Å². The van der Waals surface area contributed by atoms with Crippen LogP contribution in [-0.2, 0) is 0 Å². The van der Waals surface area contributed by atoms with Crippen LogP contribution in [-0.4, -0.2) is 12.0 Å². The standard InChI is InChI=1S/C16H17N3O/c1-10-19-14-7-6-12(9-15(14)20-10)16(18-2)11-4-3-5-13(17)8-11/h3-9,16,18H,17H2,1-2H3. The fourth-order valence-corrected chi connectivity index (χ4v) is 2.50. The van der Waals surface area contributed by atoms with Gasteiger partial charge in [0.2, 0.25) is 0 Å². The van der Waals surface area contributed by atoms with Crippen molar-refractivity contribution >= 4 is 16.8 Å². The quantitative estimate of drug-likeness (QED) is 0.716. The van der Waals surface area contributed by atoms with Crippen LogP contribution in [0.15, 0.2) is 46.9 Å². The van der Waals surface area contributed by atoms with E-state index in [-0.39, 0.29) is 6.04 Å². The molecule has 2 aromatic carbocycles. The summed E-state index contributed by atoms with van der Waals surface area (Å²) in [6.07, 6.45) is 0. The van der Waals surface area contributed by atoms with Gasteiger partial charge in [-0.2, -0.15) is 0 Å². The summed E-state index contributed by atoms with van der Waals surface area (Å²) in [5.74, 6) is 0.683. The van der Waals surface area contributed by atoms with Crippen molar-refractivity contribution in [2.24, 2.45) is 0 Å². The lowest BCUT2D eigenvalue weighted by molar-refractivity contribution is 0.560. The number of anilines is 1. The van der Waals surface area contributed by atoms with Crippen molar-refractivity contribution in [3.63, 3.8) is 0 Å². The molecule has 0 fully saturated rings. The van der Waals surface area contributed by atoms with Gasteiger partial charge in [-0.3, -0.25) is 0 Å². The number of nitrogens with zero attached hydrogens (tertiary/aromatic N) is 1. The van der Waals surface area contributed by atoms with Crippen LogP contribution in [0.1, 0.15) is 23.1 Å². The lowest BCUT2D eigenvalue weighted by atomic mass is 9.98. The largest absolute Gasteiger partial charge is 0.441 e. The molecule has 1 aromatic heterocycles. The maximum absolute atomic E-state index is 5.87. The average Bonchev–Trinajstić information content (AvgIpc) is 2.79. The van der Waals surface area contributed by atoms with Crippen LogP contribution in [0.3, 0.4) is 0 Å². The van der Waals surface area contributed by atoms with Gasteiger partial charge in [0.05, 0.1) is 6.04 Å². The molecule has 20 heavy (non-hydrogen) atoms. The zero-order valence-electron chi connectivity index (χ0n) is 11.6. The Kier molecular flexibility index (Phi) is 3.16. The highest BCUT2D eigenvalue weighted by Crippen LogP contribution is 2.26. The smallest absolute Gasteiger partial charge is 0.192 e. The number of nitrogens with two attached hydrogens (primary N) is 1. The Bertz CT molecular complexity index is 748. The predicted molar refractivity (Wildman–Crippen MR) is 80.5 cm³/mol. The van der Waals surface area contributed by atoms with Crippen LogP contribution in [0, 0.1) is 6.92 Å². The number of hydrogen-bond donors (Lipinski definition) is 2. The van der Waals surface area contributed by atoms with Gasteiger partial charge < -0.3 is 15.5 Å². The normalized spacial score (nSPS) is 12.7. The van der Waals surface area contributed by atoms with Crippen LogP contribution in [0.25, 0.3) is 11.1 Å².